The maximum absolute atomic E-state index is 9.75. The third kappa shape index (κ3) is 4.55. The van der Waals surface area contributed by atoms with Crippen LogP contribution in [0.2, 0.25) is 0 Å². The summed E-state index contributed by atoms with van der Waals surface area (Å²) in [4.78, 5) is 0. The Morgan fingerprint density at radius 2 is 0.918 bits per heavy atom. The first-order valence-electron chi connectivity index (χ1n) is 24.8. The minimum absolute atomic E-state index is 0.0357. The SMILES string of the molecule is [2H]c1c([2H])c(-c2c([2H])c([2H])c3c([2H])c([2H])c([2H])c([2H])c3c2[2H])c([2H])c(-c2c3c([2H])c([2H])c([2H])c([2H])c3c(-c3ccc(-c4ccc5oc6ccccc6c5c4)cc3)c3c([2H])c([2H])c([2H])c([2H])c23)c1[2H]. The molecule has 9 aromatic carbocycles. The Labute approximate surface area is 311 Å². The molecule has 0 N–H and O–H groups in total. The number of hydrogen-bond donors (Lipinski definition) is 0. The molecule has 0 saturated heterocycles. The van der Waals surface area contributed by atoms with Gasteiger partial charge in [0.05, 0.1) is 26.0 Å². The lowest BCUT2D eigenvalue weighted by Crippen LogP contribution is -1.91. The Balaban J connectivity index is 1.34. The first-order valence-corrected chi connectivity index (χ1v) is 15.3. The molecule has 0 amide bonds. The van der Waals surface area contributed by atoms with Gasteiger partial charge in [0.1, 0.15) is 11.2 Å². The van der Waals surface area contributed by atoms with Crippen molar-refractivity contribution in [3.63, 3.8) is 0 Å². The van der Waals surface area contributed by atoms with Crippen molar-refractivity contribution in [1.82, 2.24) is 0 Å². The zero-order valence-electron chi connectivity index (χ0n) is 44.3. The van der Waals surface area contributed by atoms with Crippen LogP contribution in [-0.2, 0) is 0 Å². The summed E-state index contributed by atoms with van der Waals surface area (Å²) >= 11 is 0. The number of para-hydroxylation sites is 1. The molecule has 1 heteroatoms. The third-order valence-electron chi connectivity index (χ3n) is 8.63. The van der Waals surface area contributed by atoms with Gasteiger partial charge in [-0.25, -0.2) is 0 Å². The largest absolute Gasteiger partial charge is 0.456 e. The summed E-state index contributed by atoms with van der Waals surface area (Å²) < 4.78 is 177. The second-order valence-electron chi connectivity index (χ2n) is 11.4. The Bertz CT molecular complexity index is 3870. The minimum atomic E-state index is -0.921. The number of furan rings is 1. The summed E-state index contributed by atoms with van der Waals surface area (Å²) in [6.07, 6.45) is 0. The molecule has 0 radical (unpaired) electrons. The van der Waals surface area contributed by atoms with E-state index < -0.39 is 159 Å². The van der Waals surface area contributed by atoms with Gasteiger partial charge in [0, 0.05) is 10.8 Å². The molecule has 228 valence electrons. The van der Waals surface area contributed by atoms with Gasteiger partial charge in [0.25, 0.3) is 0 Å². The Morgan fingerprint density at radius 1 is 0.347 bits per heavy atom. The van der Waals surface area contributed by atoms with Gasteiger partial charge in [-0.2, -0.15) is 0 Å². The fourth-order valence-corrected chi connectivity index (χ4v) is 6.40. The van der Waals surface area contributed by atoms with E-state index in [1.807, 2.05) is 42.5 Å². The lowest BCUT2D eigenvalue weighted by Gasteiger charge is -2.18. The summed E-state index contributed by atoms with van der Waals surface area (Å²) in [6, 6.07) is 5.35. The van der Waals surface area contributed by atoms with Crippen LogP contribution in [0.5, 0.6) is 0 Å². The lowest BCUT2D eigenvalue weighted by molar-refractivity contribution is 0.669. The molecule has 0 spiro atoms. The van der Waals surface area contributed by atoms with Crippen molar-refractivity contribution in [2.75, 3.05) is 0 Å². The topological polar surface area (TPSA) is 13.1 Å². The Kier molecular flexibility index (Phi) is 3.34. The number of hydrogen-bond acceptors (Lipinski definition) is 1. The van der Waals surface area contributed by atoms with Gasteiger partial charge in [-0.05, 0) is 107 Å². The zero-order chi connectivity index (χ0) is 48.8. The van der Waals surface area contributed by atoms with Crippen molar-refractivity contribution in [3.05, 3.63) is 182 Å². The normalized spacial score (nSPS) is 17.1. The number of rotatable bonds is 4. The molecule has 0 aliphatic carbocycles. The Hall–Kier alpha value is -6.44. The molecule has 0 atom stereocenters. The molecule has 0 unspecified atom stereocenters. The zero-order valence-corrected chi connectivity index (χ0v) is 25.3. The van der Waals surface area contributed by atoms with Crippen LogP contribution in [-0.4, -0.2) is 0 Å². The smallest absolute Gasteiger partial charge is 0.135 e. The third-order valence-corrected chi connectivity index (χ3v) is 8.63. The predicted molar refractivity (Wildman–Crippen MR) is 208 cm³/mol. The maximum atomic E-state index is 9.75. The van der Waals surface area contributed by atoms with Crippen molar-refractivity contribution in [2.45, 2.75) is 0 Å². The summed E-state index contributed by atoms with van der Waals surface area (Å²) in [5, 5.41) is -0.542. The van der Waals surface area contributed by atoms with Crippen molar-refractivity contribution in [2.24, 2.45) is 0 Å². The van der Waals surface area contributed by atoms with Crippen molar-refractivity contribution >= 4 is 54.3 Å². The molecular weight excluding hydrogens is 593 g/mol. The first kappa shape index (κ1) is 14.8. The van der Waals surface area contributed by atoms with Crippen LogP contribution < -0.4 is 0 Å². The van der Waals surface area contributed by atoms with E-state index in [0.29, 0.717) is 11.2 Å². The van der Waals surface area contributed by atoms with Crippen LogP contribution in [0.1, 0.15) is 26.0 Å². The van der Waals surface area contributed by atoms with E-state index in [9.17, 15) is 9.60 Å². The van der Waals surface area contributed by atoms with E-state index in [0.717, 1.165) is 21.9 Å². The number of benzene rings is 9. The van der Waals surface area contributed by atoms with Crippen LogP contribution in [0.25, 0.3) is 98.8 Å². The molecule has 0 saturated carbocycles. The minimum Gasteiger partial charge on any atom is -0.456 e. The summed E-state index contributed by atoms with van der Waals surface area (Å²) in [5.41, 5.74) is 0.609. The van der Waals surface area contributed by atoms with Crippen LogP contribution in [0.4, 0.5) is 0 Å². The fourth-order valence-electron chi connectivity index (χ4n) is 6.40. The van der Waals surface area contributed by atoms with Crippen molar-refractivity contribution in [1.29, 1.82) is 0 Å². The molecular formula is C48H30O. The summed E-state index contributed by atoms with van der Waals surface area (Å²) in [6.45, 7) is 0. The molecule has 0 fully saturated rings. The standard InChI is InChI=1S/C48H30O/c1-2-11-34-28-36(25-22-31(34)10-1)35-12-9-13-38(29-35)48-42-17-5-3-15-40(42)47(41-16-4-6-18-43(41)48)33-23-20-32(21-24-33)37-26-27-46-44(30-37)39-14-7-8-19-45(39)49-46/h1-30H/i1D,2D,3D,4D,5D,6D,9D,10D,11D,12D,13D,15D,16D,17D,18D,22D,25D,28D,29D. The first-order chi connectivity index (χ1) is 32.2. The molecule has 10 rings (SSSR count). The average Bonchev–Trinajstić information content (AvgIpc) is 3.71. The molecule has 49 heavy (non-hydrogen) atoms. The van der Waals surface area contributed by atoms with Gasteiger partial charge in [0.15, 0.2) is 0 Å². The molecule has 0 aliphatic heterocycles. The van der Waals surface area contributed by atoms with E-state index in [1.165, 1.54) is 0 Å². The molecule has 1 heterocycles. The van der Waals surface area contributed by atoms with Crippen molar-refractivity contribution in [3.8, 4) is 44.5 Å². The van der Waals surface area contributed by atoms with E-state index in [-0.39, 0.29) is 21.9 Å². The van der Waals surface area contributed by atoms with E-state index in [4.69, 9.17) is 20.9 Å². The maximum Gasteiger partial charge on any atom is 0.135 e. The predicted octanol–water partition coefficient (Wildman–Crippen LogP) is 13.7. The van der Waals surface area contributed by atoms with Crippen LogP contribution in [0.3, 0.4) is 0 Å². The monoisotopic (exact) mass is 641 g/mol. The highest BCUT2D eigenvalue weighted by molar-refractivity contribution is 6.21. The molecule has 1 aromatic heterocycles. The van der Waals surface area contributed by atoms with Crippen LogP contribution in [0, 0.1) is 0 Å². The van der Waals surface area contributed by atoms with E-state index in [1.54, 1.807) is 24.3 Å². The van der Waals surface area contributed by atoms with Gasteiger partial charge < -0.3 is 4.42 Å². The van der Waals surface area contributed by atoms with Crippen molar-refractivity contribution < 1.29 is 30.5 Å². The lowest BCUT2D eigenvalue weighted by atomic mass is 9.85. The van der Waals surface area contributed by atoms with Gasteiger partial charge in [-0.1, -0.05) is 151 Å². The van der Waals surface area contributed by atoms with Crippen LogP contribution in [0.15, 0.2) is 186 Å². The van der Waals surface area contributed by atoms with Gasteiger partial charge >= 0.3 is 0 Å². The Morgan fingerprint density at radius 3 is 1.67 bits per heavy atom. The molecule has 1 nitrogen and oxygen atoms in total. The highest BCUT2D eigenvalue weighted by Crippen LogP contribution is 2.44. The quantitative estimate of drug-likeness (QED) is 0.174. The number of fused-ring (bicyclic) bond motifs is 6. The van der Waals surface area contributed by atoms with Gasteiger partial charge in [-0.15, -0.1) is 0 Å². The molecule has 0 aliphatic rings. The molecule has 0 bridgehead atoms. The summed E-state index contributed by atoms with van der Waals surface area (Å²) in [7, 11) is 0. The van der Waals surface area contributed by atoms with E-state index >= 15 is 0 Å². The highest BCUT2D eigenvalue weighted by Gasteiger charge is 2.17. The fraction of sp³-hybridized carbons (Fsp3) is 0. The highest BCUT2D eigenvalue weighted by atomic mass is 16.3. The van der Waals surface area contributed by atoms with Crippen LogP contribution >= 0.6 is 0 Å². The second-order valence-corrected chi connectivity index (χ2v) is 11.4. The average molecular weight is 642 g/mol. The summed E-state index contributed by atoms with van der Waals surface area (Å²) in [5.74, 6) is 0. The van der Waals surface area contributed by atoms with Gasteiger partial charge in [0.2, 0.25) is 0 Å². The molecule has 10 aromatic rings. The van der Waals surface area contributed by atoms with E-state index in [2.05, 4.69) is 0 Å². The van der Waals surface area contributed by atoms with Gasteiger partial charge in [-0.3, -0.25) is 0 Å². The second kappa shape index (κ2) is 11.1.